The van der Waals surface area contributed by atoms with Crippen LogP contribution >= 0.6 is 0 Å². The van der Waals surface area contributed by atoms with Crippen LogP contribution in [0.5, 0.6) is 0 Å². The second-order valence-electron chi connectivity index (χ2n) is 10.1. The van der Waals surface area contributed by atoms with Gasteiger partial charge in [0.1, 0.15) is 11.2 Å². The maximum atomic E-state index is 9.36. The van der Waals surface area contributed by atoms with E-state index in [2.05, 4.69) is 6.07 Å². The molecule has 1 heteroatoms. The number of benzene rings is 8. The fraction of sp³-hybridized carbons (Fsp3) is 0. The zero-order chi connectivity index (χ0) is 36.5. The lowest BCUT2D eigenvalue weighted by molar-refractivity contribution is 0.669. The normalized spacial score (nSPS) is 15.7. The van der Waals surface area contributed by atoms with Crippen LogP contribution in [0.3, 0.4) is 0 Å². The second-order valence-corrected chi connectivity index (χ2v) is 10.1. The van der Waals surface area contributed by atoms with Crippen molar-refractivity contribution in [3.8, 4) is 22.3 Å². The highest BCUT2D eigenvalue weighted by Gasteiger charge is 2.16. The third-order valence-corrected chi connectivity index (χ3v) is 7.78. The van der Waals surface area contributed by atoms with E-state index in [1.54, 1.807) is 12.1 Å². The molecule has 0 amide bonds. The van der Waals surface area contributed by atoms with Crippen molar-refractivity contribution < 1.29 is 19.5 Å². The zero-order valence-corrected chi connectivity index (χ0v) is 21.4. The van der Waals surface area contributed by atoms with Crippen LogP contribution in [0.25, 0.3) is 87.3 Å². The summed E-state index contributed by atoms with van der Waals surface area (Å²) in [5, 5.41) is 2.72. The molecule has 0 saturated carbocycles. The Kier molecular flexibility index (Phi) is 2.98. The Morgan fingerprint density at radius 2 is 1.22 bits per heavy atom. The molecule has 0 saturated heterocycles. The number of hydrogen-bond donors (Lipinski definition) is 0. The Balaban J connectivity index is 1.47. The molecule has 0 bridgehead atoms. The van der Waals surface area contributed by atoms with Gasteiger partial charge >= 0.3 is 0 Å². The van der Waals surface area contributed by atoms with E-state index < -0.39 is 66.5 Å². The van der Waals surface area contributed by atoms with Crippen molar-refractivity contribution in [2.24, 2.45) is 0 Å². The minimum Gasteiger partial charge on any atom is -0.456 e. The van der Waals surface area contributed by atoms with Gasteiger partial charge in [0.2, 0.25) is 0 Å². The summed E-state index contributed by atoms with van der Waals surface area (Å²) in [4.78, 5) is 0. The first-order valence-corrected chi connectivity index (χ1v) is 13.2. The van der Waals surface area contributed by atoms with E-state index in [1.165, 1.54) is 0 Å². The van der Waals surface area contributed by atoms with Crippen molar-refractivity contribution in [3.05, 3.63) is 145 Å². The lowest BCUT2D eigenvalue weighted by Crippen LogP contribution is -1.87. The van der Waals surface area contributed by atoms with Crippen LogP contribution in [0, 0.1) is 0 Å². The van der Waals surface area contributed by atoms with Crippen LogP contribution in [-0.4, -0.2) is 0 Å². The molecule has 9 aromatic rings. The van der Waals surface area contributed by atoms with Gasteiger partial charge in [0.05, 0.1) is 15.1 Å². The highest BCUT2D eigenvalue weighted by molar-refractivity contribution is 6.23. The highest BCUT2D eigenvalue weighted by atomic mass is 16.3. The summed E-state index contributed by atoms with van der Waals surface area (Å²) >= 11 is 0. The van der Waals surface area contributed by atoms with Crippen molar-refractivity contribution in [2.45, 2.75) is 0 Å². The fourth-order valence-electron chi connectivity index (χ4n) is 5.92. The summed E-state index contributed by atoms with van der Waals surface area (Å²) in [5.74, 6) is 0. The molecule has 0 fully saturated rings. The molecule has 0 N–H and O–H groups in total. The van der Waals surface area contributed by atoms with E-state index in [4.69, 9.17) is 16.8 Å². The maximum absolute atomic E-state index is 9.36. The Morgan fingerprint density at radius 3 is 2.12 bits per heavy atom. The summed E-state index contributed by atoms with van der Waals surface area (Å²) in [6.07, 6.45) is 0. The first kappa shape index (κ1) is 14.3. The summed E-state index contributed by atoms with van der Waals surface area (Å²) in [7, 11) is 0. The maximum Gasteiger partial charge on any atom is 0.136 e. The van der Waals surface area contributed by atoms with Crippen molar-refractivity contribution in [2.75, 3.05) is 0 Å². The van der Waals surface area contributed by atoms with Gasteiger partial charge in [-0.15, -0.1) is 0 Å². The molecule has 1 aromatic heterocycles. The Hall–Kier alpha value is -5.40. The average Bonchev–Trinajstić information content (AvgIpc) is 3.54. The topological polar surface area (TPSA) is 13.1 Å². The summed E-state index contributed by atoms with van der Waals surface area (Å²) in [5.41, 5.74) is 3.87. The molecular formula is C40H24O. The summed E-state index contributed by atoms with van der Waals surface area (Å²) in [6.45, 7) is 0. The molecule has 0 atom stereocenters. The largest absolute Gasteiger partial charge is 0.456 e. The van der Waals surface area contributed by atoms with Crippen molar-refractivity contribution in [1.29, 1.82) is 0 Å². The summed E-state index contributed by atoms with van der Waals surface area (Å²) in [6, 6.07) is 19.8. The van der Waals surface area contributed by atoms with Crippen molar-refractivity contribution in [1.82, 2.24) is 0 Å². The SMILES string of the molecule is [2H]c1c([2H])c([2H])c2c([2H])c3c(c([2H])c([2H])c4c([2H])c([2H])c([2H])c([2H])c43)c(-c3ccc4oc5ccc6cc(-c7ccccc7)ccc6c5c4c3)c2c1[2H]. The van der Waals surface area contributed by atoms with Crippen LogP contribution in [0.1, 0.15) is 15.1 Å². The van der Waals surface area contributed by atoms with Crippen molar-refractivity contribution in [3.63, 3.8) is 0 Å². The van der Waals surface area contributed by atoms with Gasteiger partial charge in [-0.3, -0.25) is 0 Å². The van der Waals surface area contributed by atoms with Gasteiger partial charge in [-0.25, -0.2) is 0 Å². The van der Waals surface area contributed by atoms with E-state index in [1.807, 2.05) is 60.7 Å². The minimum atomic E-state index is -0.584. The fourth-order valence-corrected chi connectivity index (χ4v) is 5.92. The molecule has 0 spiro atoms. The Labute approximate surface area is 252 Å². The molecular weight excluding hydrogens is 496 g/mol. The van der Waals surface area contributed by atoms with E-state index in [-0.39, 0.29) is 37.9 Å². The van der Waals surface area contributed by atoms with Gasteiger partial charge in [-0.2, -0.15) is 0 Å². The molecule has 0 radical (unpaired) electrons. The molecule has 41 heavy (non-hydrogen) atoms. The van der Waals surface area contributed by atoms with Crippen LogP contribution < -0.4 is 0 Å². The third-order valence-electron chi connectivity index (χ3n) is 7.78. The van der Waals surface area contributed by atoms with E-state index in [9.17, 15) is 2.74 Å². The lowest BCUT2D eigenvalue weighted by atomic mass is 9.89. The molecule has 9 rings (SSSR count). The predicted molar refractivity (Wildman–Crippen MR) is 175 cm³/mol. The van der Waals surface area contributed by atoms with Crippen molar-refractivity contribution >= 4 is 65.0 Å². The molecule has 0 aliphatic heterocycles. The predicted octanol–water partition coefficient (Wildman–Crippen LogP) is 11.5. The third kappa shape index (κ3) is 3.36. The van der Waals surface area contributed by atoms with Gasteiger partial charge in [0.15, 0.2) is 0 Å². The molecule has 0 aliphatic carbocycles. The second kappa shape index (κ2) is 8.55. The Bertz CT molecular complexity index is 3080. The summed E-state index contributed by atoms with van der Waals surface area (Å²) < 4.78 is 103. The van der Waals surface area contributed by atoms with Gasteiger partial charge in [-0.1, -0.05) is 115 Å². The molecule has 0 unspecified atom stereocenters. The van der Waals surface area contributed by atoms with Crippen LogP contribution in [0.2, 0.25) is 0 Å². The van der Waals surface area contributed by atoms with Gasteiger partial charge < -0.3 is 4.42 Å². The first-order valence-electron chi connectivity index (χ1n) is 18.7. The highest BCUT2D eigenvalue weighted by Crippen LogP contribution is 2.42. The zero-order valence-electron chi connectivity index (χ0n) is 32.4. The van der Waals surface area contributed by atoms with Crippen LogP contribution in [0.4, 0.5) is 0 Å². The number of rotatable bonds is 2. The molecule has 1 heterocycles. The minimum absolute atomic E-state index is 0.0189. The number of hydrogen-bond acceptors (Lipinski definition) is 1. The quantitative estimate of drug-likeness (QED) is 0.160. The monoisotopic (exact) mass is 531 g/mol. The molecule has 0 aliphatic rings. The molecule has 1 nitrogen and oxygen atoms in total. The lowest BCUT2D eigenvalue weighted by Gasteiger charge is -2.14. The van der Waals surface area contributed by atoms with Crippen LogP contribution in [0.15, 0.2) is 150 Å². The van der Waals surface area contributed by atoms with Gasteiger partial charge in [0.25, 0.3) is 0 Å². The van der Waals surface area contributed by atoms with E-state index in [0.717, 1.165) is 27.3 Å². The molecule has 190 valence electrons. The smallest absolute Gasteiger partial charge is 0.136 e. The average molecular weight is 532 g/mol. The van der Waals surface area contributed by atoms with Gasteiger partial charge in [-0.05, 0) is 95.7 Å². The molecule has 8 aromatic carbocycles. The number of furan rings is 1. The number of fused-ring (bicyclic) bond motifs is 9. The van der Waals surface area contributed by atoms with Gasteiger partial charge in [0, 0.05) is 10.8 Å². The van der Waals surface area contributed by atoms with E-state index in [0.29, 0.717) is 22.1 Å². The Morgan fingerprint density at radius 1 is 0.439 bits per heavy atom. The van der Waals surface area contributed by atoms with E-state index >= 15 is 0 Å². The van der Waals surface area contributed by atoms with Crippen LogP contribution in [-0.2, 0) is 0 Å². The first-order chi connectivity index (χ1) is 24.9. The standard InChI is InChI=1S/C40H24O/c1-2-8-25(9-3-1)27-15-18-33-29(22-27)16-21-38-40(33)36-24-30(17-20-37(36)41-38)39-32-13-7-5-11-28(32)23-35-31-12-6-4-10-26(31)14-19-34(35)39/h1-24H/i4D,5D,6D,7D,10D,11D,12D,13D,14D,19D,23D.